The molecule has 0 radical (unpaired) electrons. The minimum atomic E-state index is -0.815. The van der Waals surface area contributed by atoms with Crippen LogP contribution in [0.25, 0.3) is 10.1 Å². The fourth-order valence-corrected chi connectivity index (χ4v) is 5.43. The smallest absolute Gasteiger partial charge is 0.323 e. The SMILES string of the molecule is Cc1c(C(=O)CN2C(=O)N[C@@]3(CCCC[C@@H]3C)C2=O)sc2ccccc12. The third kappa shape index (κ3) is 2.47. The molecule has 1 aromatic heterocycles. The lowest BCUT2D eigenvalue weighted by molar-refractivity contribution is -0.133. The molecule has 1 aliphatic carbocycles. The average molecular weight is 370 g/mol. The molecule has 1 saturated carbocycles. The van der Waals surface area contributed by atoms with Crippen molar-refractivity contribution in [1.29, 1.82) is 0 Å². The van der Waals surface area contributed by atoms with Crippen molar-refractivity contribution < 1.29 is 14.4 Å². The third-order valence-corrected chi connectivity index (χ3v) is 7.21. The van der Waals surface area contributed by atoms with Crippen LogP contribution in [0.1, 0.15) is 47.8 Å². The molecule has 26 heavy (non-hydrogen) atoms. The first-order valence-corrected chi connectivity index (χ1v) is 9.91. The lowest BCUT2D eigenvalue weighted by Gasteiger charge is -2.36. The Morgan fingerprint density at radius 3 is 2.81 bits per heavy atom. The van der Waals surface area contributed by atoms with E-state index in [0.717, 1.165) is 39.8 Å². The van der Waals surface area contributed by atoms with Gasteiger partial charge in [0.25, 0.3) is 5.91 Å². The molecule has 3 amide bonds. The summed E-state index contributed by atoms with van der Waals surface area (Å²) in [6, 6.07) is 7.43. The number of Topliss-reactive ketones (excluding diaryl/α,β-unsaturated/α-hetero) is 1. The molecule has 1 saturated heterocycles. The molecule has 2 heterocycles. The van der Waals surface area contributed by atoms with Gasteiger partial charge in [-0.3, -0.25) is 14.5 Å². The molecule has 5 nitrogen and oxygen atoms in total. The number of thiophene rings is 1. The van der Waals surface area contributed by atoms with Gasteiger partial charge in [-0.2, -0.15) is 0 Å². The van der Waals surface area contributed by atoms with Crippen LogP contribution < -0.4 is 5.32 Å². The quantitative estimate of drug-likeness (QED) is 0.658. The van der Waals surface area contributed by atoms with E-state index in [9.17, 15) is 14.4 Å². The third-order valence-electron chi connectivity index (χ3n) is 5.90. The van der Waals surface area contributed by atoms with Gasteiger partial charge < -0.3 is 5.32 Å². The van der Waals surface area contributed by atoms with Crippen molar-refractivity contribution in [3.05, 3.63) is 34.7 Å². The molecule has 2 aromatic rings. The van der Waals surface area contributed by atoms with Crippen molar-refractivity contribution in [3.8, 4) is 0 Å². The van der Waals surface area contributed by atoms with Crippen LogP contribution in [-0.2, 0) is 4.79 Å². The van der Waals surface area contributed by atoms with Crippen molar-refractivity contribution in [1.82, 2.24) is 10.2 Å². The van der Waals surface area contributed by atoms with Gasteiger partial charge in [-0.15, -0.1) is 11.3 Å². The van der Waals surface area contributed by atoms with Crippen LogP contribution in [0.5, 0.6) is 0 Å². The van der Waals surface area contributed by atoms with E-state index in [0.29, 0.717) is 11.3 Å². The summed E-state index contributed by atoms with van der Waals surface area (Å²) in [7, 11) is 0. The summed E-state index contributed by atoms with van der Waals surface area (Å²) in [5.74, 6) is -0.312. The lowest BCUT2D eigenvalue weighted by Crippen LogP contribution is -2.54. The predicted octanol–water partition coefficient (Wildman–Crippen LogP) is 3.89. The number of urea groups is 1. The van der Waals surface area contributed by atoms with Crippen LogP contribution in [0.15, 0.2) is 24.3 Å². The fourth-order valence-electron chi connectivity index (χ4n) is 4.29. The van der Waals surface area contributed by atoms with E-state index < -0.39 is 11.6 Å². The van der Waals surface area contributed by atoms with Gasteiger partial charge in [0.1, 0.15) is 5.54 Å². The van der Waals surface area contributed by atoms with Crippen LogP contribution in [0.4, 0.5) is 4.79 Å². The number of ketones is 1. The van der Waals surface area contributed by atoms with Gasteiger partial charge in [-0.05, 0) is 42.7 Å². The van der Waals surface area contributed by atoms with Crippen LogP contribution in [-0.4, -0.2) is 34.7 Å². The highest BCUT2D eigenvalue weighted by molar-refractivity contribution is 7.21. The summed E-state index contributed by atoms with van der Waals surface area (Å²) in [6.07, 6.45) is 3.58. The van der Waals surface area contributed by atoms with Crippen molar-refractivity contribution in [2.45, 2.75) is 45.1 Å². The first kappa shape index (κ1) is 17.2. The molecule has 1 spiro atoms. The number of carbonyl (C=O) groups excluding carboxylic acids is 3. The summed E-state index contributed by atoms with van der Waals surface area (Å²) >= 11 is 1.43. The zero-order chi connectivity index (χ0) is 18.5. The summed E-state index contributed by atoms with van der Waals surface area (Å²) in [5.41, 5.74) is 0.105. The molecule has 4 rings (SSSR count). The average Bonchev–Trinajstić information content (AvgIpc) is 3.08. The van der Waals surface area contributed by atoms with E-state index in [1.54, 1.807) is 0 Å². The second-order valence-electron chi connectivity index (χ2n) is 7.42. The maximum absolute atomic E-state index is 13.0. The second-order valence-corrected chi connectivity index (χ2v) is 8.47. The number of amides is 3. The van der Waals surface area contributed by atoms with E-state index in [2.05, 4.69) is 5.32 Å². The number of rotatable bonds is 3. The number of aryl methyl sites for hydroxylation is 1. The summed E-state index contributed by atoms with van der Waals surface area (Å²) < 4.78 is 1.04. The Morgan fingerprint density at radius 2 is 2.08 bits per heavy atom. The van der Waals surface area contributed by atoms with Crippen molar-refractivity contribution >= 4 is 39.1 Å². The molecule has 1 aromatic carbocycles. The fraction of sp³-hybridized carbons (Fsp3) is 0.450. The number of carbonyl (C=O) groups is 3. The minimum absolute atomic E-state index is 0.0962. The van der Waals surface area contributed by atoms with Gasteiger partial charge in [0.05, 0.1) is 11.4 Å². The zero-order valence-electron chi connectivity index (χ0n) is 15.0. The van der Waals surface area contributed by atoms with E-state index in [-0.39, 0.29) is 24.2 Å². The summed E-state index contributed by atoms with van der Waals surface area (Å²) in [5, 5.41) is 3.96. The number of hydrogen-bond acceptors (Lipinski definition) is 4. The zero-order valence-corrected chi connectivity index (χ0v) is 15.8. The second kappa shape index (κ2) is 6.20. The topological polar surface area (TPSA) is 66.5 Å². The highest BCUT2D eigenvalue weighted by Crippen LogP contribution is 2.38. The van der Waals surface area contributed by atoms with Crippen molar-refractivity contribution in [2.75, 3.05) is 6.54 Å². The summed E-state index contributed by atoms with van der Waals surface area (Å²) in [4.78, 5) is 40.1. The maximum Gasteiger partial charge on any atom is 0.325 e. The van der Waals surface area contributed by atoms with Crippen molar-refractivity contribution in [3.63, 3.8) is 0 Å². The number of fused-ring (bicyclic) bond motifs is 1. The predicted molar refractivity (Wildman–Crippen MR) is 102 cm³/mol. The number of imide groups is 1. The molecule has 2 aliphatic rings. The normalized spacial score (nSPS) is 25.9. The Hall–Kier alpha value is -2.21. The van der Waals surface area contributed by atoms with Crippen LogP contribution in [0, 0.1) is 12.8 Å². The first-order chi connectivity index (χ1) is 12.4. The van der Waals surface area contributed by atoms with E-state index >= 15 is 0 Å². The molecule has 2 atom stereocenters. The molecular weight excluding hydrogens is 348 g/mol. The van der Waals surface area contributed by atoms with Gasteiger partial charge in [-0.25, -0.2) is 4.79 Å². The first-order valence-electron chi connectivity index (χ1n) is 9.09. The Bertz CT molecular complexity index is 919. The molecule has 0 bridgehead atoms. The van der Waals surface area contributed by atoms with E-state index in [1.807, 2.05) is 38.1 Å². The van der Waals surface area contributed by atoms with Crippen LogP contribution in [0.3, 0.4) is 0 Å². The number of hydrogen-bond donors (Lipinski definition) is 1. The van der Waals surface area contributed by atoms with E-state index in [1.165, 1.54) is 11.3 Å². The monoisotopic (exact) mass is 370 g/mol. The lowest BCUT2D eigenvalue weighted by atomic mass is 9.73. The van der Waals surface area contributed by atoms with E-state index in [4.69, 9.17) is 0 Å². The van der Waals surface area contributed by atoms with Gasteiger partial charge >= 0.3 is 6.03 Å². The molecular formula is C20H22N2O3S. The van der Waals surface area contributed by atoms with Gasteiger partial charge in [0, 0.05) is 4.70 Å². The van der Waals surface area contributed by atoms with Gasteiger partial charge in [-0.1, -0.05) is 38.0 Å². The maximum atomic E-state index is 13.0. The minimum Gasteiger partial charge on any atom is -0.323 e. The Kier molecular flexibility index (Phi) is 4.10. The van der Waals surface area contributed by atoms with Crippen LogP contribution in [0.2, 0.25) is 0 Å². The Morgan fingerprint density at radius 1 is 1.31 bits per heavy atom. The summed E-state index contributed by atoms with van der Waals surface area (Å²) in [6.45, 7) is 3.74. The van der Waals surface area contributed by atoms with Gasteiger partial charge in [0.15, 0.2) is 5.78 Å². The number of benzene rings is 1. The standard InChI is InChI=1S/C20H22N2O3S/c1-12-7-5-6-10-20(12)18(24)22(19(25)21-20)11-15(23)17-13(2)14-8-3-4-9-16(14)26-17/h3-4,8-9,12H,5-7,10-11H2,1-2H3,(H,21,25)/t12-,20+/m0/s1. The van der Waals surface area contributed by atoms with Gasteiger partial charge in [0.2, 0.25) is 0 Å². The number of nitrogens with one attached hydrogen (secondary N) is 1. The highest BCUT2D eigenvalue weighted by atomic mass is 32.1. The largest absolute Gasteiger partial charge is 0.325 e. The molecule has 1 N–H and O–H groups in total. The molecule has 136 valence electrons. The van der Waals surface area contributed by atoms with Crippen molar-refractivity contribution in [2.24, 2.45) is 5.92 Å². The molecule has 6 heteroatoms. The molecule has 2 fully saturated rings. The highest BCUT2D eigenvalue weighted by Gasteiger charge is 2.55. The Labute approximate surface area is 156 Å². The Balaban J connectivity index is 1.60. The van der Waals surface area contributed by atoms with Crippen LogP contribution >= 0.6 is 11.3 Å². The molecule has 1 aliphatic heterocycles. The molecule has 0 unspecified atom stereocenters. The number of nitrogens with zero attached hydrogens (tertiary/aromatic N) is 1.